The van der Waals surface area contributed by atoms with Gasteiger partial charge in [0.2, 0.25) is 11.8 Å². The highest BCUT2D eigenvalue weighted by Gasteiger charge is 2.57. The van der Waals surface area contributed by atoms with E-state index in [4.69, 9.17) is 5.73 Å². The summed E-state index contributed by atoms with van der Waals surface area (Å²) in [5.41, 5.74) is 7.23. The van der Waals surface area contributed by atoms with Crippen LogP contribution in [0.15, 0.2) is 54.6 Å². The Balaban J connectivity index is 1.60. The lowest BCUT2D eigenvalue weighted by Gasteiger charge is -2.51. The number of benzene rings is 2. The molecule has 1 spiro atoms. The number of carbonyl (C=O) groups excluding carboxylic acids is 3. The van der Waals surface area contributed by atoms with Crippen molar-refractivity contribution in [1.82, 2.24) is 4.90 Å². The van der Waals surface area contributed by atoms with E-state index in [1.807, 2.05) is 64.4 Å². The van der Waals surface area contributed by atoms with E-state index in [2.05, 4.69) is 0 Å². The minimum absolute atomic E-state index is 0.0230. The van der Waals surface area contributed by atoms with Gasteiger partial charge in [0.1, 0.15) is 0 Å². The summed E-state index contributed by atoms with van der Waals surface area (Å²) in [6.07, 6.45) is 4.79. The Morgan fingerprint density at radius 2 is 1.53 bits per heavy atom. The SMILES string of the molecule is NC(=O)C1CCN(C(=O)C2c3ccccc3C(=O)N(c3ccccc3)C23CCCC3)CC1. The predicted octanol–water partition coefficient (Wildman–Crippen LogP) is 3.47. The predicted molar refractivity (Wildman–Crippen MR) is 122 cm³/mol. The number of piperidine rings is 1. The fourth-order valence-electron chi connectivity index (χ4n) is 6.07. The summed E-state index contributed by atoms with van der Waals surface area (Å²) in [6.45, 7) is 1.06. The zero-order valence-electron chi connectivity index (χ0n) is 18.2. The standard InChI is InChI=1S/C26H29N3O3/c27-23(30)18-12-16-28(17-13-18)25(32)22-20-10-4-5-11-21(20)24(31)29(19-8-2-1-3-9-19)26(22)14-6-7-15-26/h1-5,8-11,18,22H,6-7,12-17H2,(H2,27,30). The first-order valence-electron chi connectivity index (χ1n) is 11.6. The van der Waals surface area contributed by atoms with Gasteiger partial charge in [0.15, 0.2) is 0 Å². The number of fused-ring (bicyclic) bond motifs is 1. The second-order valence-corrected chi connectivity index (χ2v) is 9.31. The van der Waals surface area contributed by atoms with Gasteiger partial charge in [-0.3, -0.25) is 14.4 Å². The molecule has 3 aliphatic rings. The summed E-state index contributed by atoms with van der Waals surface area (Å²) in [6, 6.07) is 17.3. The average molecular weight is 432 g/mol. The summed E-state index contributed by atoms with van der Waals surface area (Å²) in [4.78, 5) is 43.3. The second kappa shape index (κ2) is 8.08. The molecule has 0 aromatic heterocycles. The highest BCUT2D eigenvalue weighted by Crippen LogP contribution is 2.52. The lowest BCUT2D eigenvalue weighted by atomic mass is 9.70. The van der Waals surface area contributed by atoms with Gasteiger partial charge in [-0.2, -0.15) is 0 Å². The van der Waals surface area contributed by atoms with Crippen LogP contribution in [0.2, 0.25) is 0 Å². The van der Waals surface area contributed by atoms with Gasteiger partial charge in [0, 0.05) is 30.3 Å². The molecule has 2 aromatic rings. The number of carbonyl (C=O) groups is 3. The molecule has 166 valence electrons. The van der Waals surface area contributed by atoms with E-state index in [9.17, 15) is 14.4 Å². The third-order valence-electron chi connectivity index (χ3n) is 7.63. The number of para-hydroxylation sites is 1. The van der Waals surface area contributed by atoms with Gasteiger partial charge in [-0.15, -0.1) is 0 Å². The van der Waals surface area contributed by atoms with Gasteiger partial charge in [-0.1, -0.05) is 49.2 Å². The Morgan fingerprint density at radius 3 is 2.19 bits per heavy atom. The van der Waals surface area contributed by atoms with Gasteiger partial charge in [-0.25, -0.2) is 0 Å². The monoisotopic (exact) mass is 431 g/mol. The molecule has 5 rings (SSSR count). The fourth-order valence-corrected chi connectivity index (χ4v) is 6.07. The van der Waals surface area contributed by atoms with Crippen LogP contribution in [0.25, 0.3) is 0 Å². The molecule has 3 amide bonds. The smallest absolute Gasteiger partial charge is 0.259 e. The Hall–Kier alpha value is -3.15. The molecule has 2 aromatic carbocycles. The van der Waals surface area contributed by atoms with Gasteiger partial charge in [-0.05, 0) is 49.4 Å². The van der Waals surface area contributed by atoms with E-state index >= 15 is 0 Å². The van der Waals surface area contributed by atoms with Gasteiger partial charge >= 0.3 is 0 Å². The molecule has 2 fully saturated rings. The van der Waals surface area contributed by atoms with Crippen molar-refractivity contribution >= 4 is 23.4 Å². The highest BCUT2D eigenvalue weighted by atomic mass is 16.2. The number of rotatable bonds is 3. The molecular formula is C26H29N3O3. The summed E-state index contributed by atoms with van der Waals surface area (Å²) in [7, 11) is 0. The van der Waals surface area contributed by atoms with E-state index in [1.54, 1.807) is 0 Å². The van der Waals surface area contributed by atoms with Gasteiger partial charge < -0.3 is 15.5 Å². The molecule has 1 atom stereocenters. The minimum Gasteiger partial charge on any atom is -0.369 e. The van der Waals surface area contributed by atoms with Crippen LogP contribution in [-0.4, -0.2) is 41.2 Å². The van der Waals surface area contributed by atoms with E-state index in [1.165, 1.54) is 0 Å². The average Bonchev–Trinajstić information content (AvgIpc) is 3.29. The molecule has 2 aliphatic heterocycles. The number of hydrogen-bond acceptors (Lipinski definition) is 3. The molecule has 1 saturated carbocycles. The van der Waals surface area contributed by atoms with Crippen molar-refractivity contribution < 1.29 is 14.4 Å². The molecule has 6 nitrogen and oxygen atoms in total. The number of nitrogens with two attached hydrogens (primary N) is 1. The number of amides is 3. The molecule has 6 heteroatoms. The van der Waals surface area contributed by atoms with Crippen molar-refractivity contribution in [3.63, 3.8) is 0 Å². The number of nitrogens with zero attached hydrogens (tertiary/aromatic N) is 2. The molecule has 0 radical (unpaired) electrons. The van der Waals surface area contributed by atoms with Crippen LogP contribution >= 0.6 is 0 Å². The first-order valence-corrected chi connectivity index (χ1v) is 11.6. The van der Waals surface area contributed by atoms with Crippen LogP contribution in [-0.2, 0) is 9.59 Å². The third kappa shape index (κ3) is 3.20. The van der Waals surface area contributed by atoms with Crippen LogP contribution in [0.4, 0.5) is 5.69 Å². The first-order chi connectivity index (χ1) is 15.5. The molecule has 2 heterocycles. The Bertz CT molecular complexity index is 1040. The third-order valence-corrected chi connectivity index (χ3v) is 7.63. The topological polar surface area (TPSA) is 83.7 Å². The Kier molecular flexibility index (Phi) is 5.24. The van der Waals surface area contributed by atoms with E-state index < -0.39 is 11.5 Å². The van der Waals surface area contributed by atoms with Crippen molar-refractivity contribution in [2.45, 2.75) is 50.0 Å². The normalized spacial score (nSPS) is 22.8. The van der Waals surface area contributed by atoms with E-state index in [0.717, 1.165) is 36.9 Å². The summed E-state index contributed by atoms with van der Waals surface area (Å²) < 4.78 is 0. The maximum atomic E-state index is 14.1. The number of anilines is 1. The lowest BCUT2D eigenvalue weighted by molar-refractivity contribution is -0.137. The molecule has 1 unspecified atom stereocenters. The van der Waals surface area contributed by atoms with Crippen molar-refractivity contribution in [1.29, 1.82) is 0 Å². The zero-order valence-corrected chi connectivity index (χ0v) is 18.2. The fraction of sp³-hybridized carbons (Fsp3) is 0.423. The number of primary amides is 1. The van der Waals surface area contributed by atoms with E-state index in [0.29, 0.717) is 31.5 Å². The van der Waals surface area contributed by atoms with Crippen molar-refractivity contribution in [3.8, 4) is 0 Å². The Morgan fingerprint density at radius 1 is 0.906 bits per heavy atom. The summed E-state index contributed by atoms with van der Waals surface area (Å²) in [5, 5.41) is 0. The van der Waals surface area contributed by atoms with Gasteiger partial charge in [0.25, 0.3) is 5.91 Å². The molecule has 1 aliphatic carbocycles. The number of likely N-dealkylation sites (tertiary alicyclic amines) is 1. The first kappa shape index (κ1) is 20.7. The molecule has 2 N–H and O–H groups in total. The maximum absolute atomic E-state index is 14.1. The molecular weight excluding hydrogens is 402 g/mol. The van der Waals surface area contributed by atoms with Crippen molar-refractivity contribution in [2.24, 2.45) is 11.7 Å². The van der Waals surface area contributed by atoms with Crippen molar-refractivity contribution in [3.05, 3.63) is 65.7 Å². The quantitative estimate of drug-likeness (QED) is 0.808. The number of hydrogen-bond donors (Lipinski definition) is 1. The highest BCUT2D eigenvalue weighted by molar-refractivity contribution is 6.12. The molecule has 32 heavy (non-hydrogen) atoms. The Labute approximate surface area is 188 Å². The second-order valence-electron chi connectivity index (χ2n) is 9.31. The molecule has 1 saturated heterocycles. The minimum atomic E-state index is -0.565. The van der Waals surface area contributed by atoms with Crippen molar-refractivity contribution in [2.75, 3.05) is 18.0 Å². The van der Waals surface area contributed by atoms with Crippen LogP contribution in [0.5, 0.6) is 0 Å². The maximum Gasteiger partial charge on any atom is 0.259 e. The lowest BCUT2D eigenvalue weighted by Crippen LogP contribution is -2.61. The summed E-state index contributed by atoms with van der Waals surface area (Å²) in [5.74, 6) is -0.820. The van der Waals surface area contributed by atoms with Crippen LogP contribution in [0.1, 0.15) is 60.4 Å². The van der Waals surface area contributed by atoms with E-state index in [-0.39, 0.29) is 23.6 Å². The van der Waals surface area contributed by atoms with Crippen LogP contribution in [0.3, 0.4) is 0 Å². The molecule has 0 bridgehead atoms. The largest absolute Gasteiger partial charge is 0.369 e. The van der Waals surface area contributed by atoms with Gasteiger partial charge in [0.05, 0.1) is 11.5 Å². The van der Waals surface area contributed by atoms with Crippen LogP contribution in [0, 0.1) is 5.92 Å². The zero-order chi connectivity index (χ0) is 22.3. The summed E-state index contributed by atoms with van der Waals surface area (Å²) >= 11 is 0. The van der Waals surface area contributed by atoms with Crippen LogP contribution < -0.4 is 10.6 Å².